The number of amides is 1. The molecule has 5 nitrogen and oxygen atoms in total. The van der Waals surface area contributed by atoms with Gasteiger partial charge in [-0.05, 0) is 5.56 Å². The van der Waals surface area contributed by atoms with Crippen LogP contribution in [0.2, 0.25) is 0 Å². The van der Waals surface area contributed by atoms with Crippen LogP contribution in [-0.2, 0) is 5.33 Å². The van der Waals surface area contributed by atoms with Gasteiger partial charge in [0.1, 0.15) is 5.56 Å². The largest absolute Gasteiger partial charge is 0.365 e. The molecule has 0 spiro atoms. The summed E-state index contributed by atoms with van der Waals surface area (Å²) >= 11 is 3.13. The van der Waals surface area contributed by atoms with E-state index in [4.69, 9.17) is 5.73 Å². The Morgan fingerprint density at radius 2 is 2.21 bits per heavy atom. The van der Waals surface area contributed by atoms with Gasteiger partial charge in [-0.25, -0.2) is 0 Å². The van der Waals surface area contributed by atoms with Crippen molar-refractivity contribution in [2.45, 2.75) is 5.33 Å². The number of carbonyl (C=O) groups excluding carboxylic acids is 1. The average molecular weight is 259 g/mol. The Bertz CT molecular complexity index is 392. The van der Waals surface area contributed by atoms with Gasteiger partial charge in [0.05, 0.1) is 4.92 Å². The molecule has 6 heteroatoms. The number of nitro benzene ring substituents is 1. The van der Waals surface area contributed by atoms with Gasteiger partial charge in [-0.1, -0.05) is 28.1 Å². The first-order valence-electron chi connectivity index (χ1n) is 3.70. The van der Waals surface area contributed by atoms with E-state index in [-0.39, 0.29) is 11.3 Å². The Kier molecular flexibility index (Phi) is 3.19. The summed E-state index contributed by atoms with van der Waals surface area (Å²) in [5.74, 6) is -0.785. The van der Waals surface area contributed by atoms with Gasteiger partial charge in [0.2, 0.25) is 0 Å². The van der Waals surface area contributed by atoms with Crippen LogP contribution >= 0.6 is 15.9 Å². The van der Waals surface area contributed by atoms with Gasteiger partial charge in [-0.15, -0.1) is 0 Å². The van der Waals surface area contributed by atoms with Crippen molar-refractivity contribution in [2.24, 2.45) is 5.73 Å². The van der Waals surface area contributed by atoms with Crippen LogP contribution in [0.3, 0.4) is 0 Å². The van der Waals surface area contributed by atoms with Gasteiger partial charge in [0, 0.05) is 11.4 Å². The van der Waals surface area contributed by atoms with Gasteiger partial charge in [-0.3, -0.25) is 14.9 Å². The highest BCUT2D eigenvalue weighted by Gasteiger charge is 2.20. The monoisotopic (exact) mass is 258 g/mol. The molecule has 0 saturated carbocycles. The van der Waals surface area contributed by atoms with Crippen molar-refractivity contribution in [3.63, 3.8) is 0 Å². The molecule has 1 aromatic carbocycles. The Morgan fingerprint density at radius 1 is 1.57 bits per heavy atom. The normalized spacial score (nSPS) is 9.79. The molecular weight excluding hydrogens is 252 g/mol. The summed E-state index contributed by atoms with van der Waals surface area (Å²) in [6, 6.07) is 4.38. The van der Waals surface area contributed by atoms with E-state index in [1.807, 2.05) is 0 Å². The second-order valence-electron chi connectivity index (χ2n) is 2.57. The van der Waals surface area contributed by atoms with Crippen molar-refractivity contribution >= 4 is 27.5 Å². The van der Waals surface area contributed by atoms with Gasteiger partial charge >= 0.3 is 0 Å². The second kappa shape index (κ2) is 4.19. The number of hydrogen-bond acceptors (Lipinski definition) is 3. The summed E-state index contributed by atoms with van der Waals surface area (Å²) in [5.41, 5.74) is 5.30. The molecule has 0 aromatic heterocycles. The van der Waals surface area contributed by atoms with Gasteiger partial charge < -0.3 is 5.73 Å². The van der Waals surface area contributed by atoms with Crippen molar-refractivity contribution in [3.8, 4) is 0 Å². The van der Waals surface area contributed by atoms with Crippen LogP contribution in [0.15, 0.2) is 18.2 Å². The number of alkyl halides is 1. The van der Waals surface area contributed by atoms with Crippen molar-refractivity contribution in [2.75, 3.05) is 0 Å². The SMILES string of the molecule is NC(=O)c1c(CBr)cccc1[N+](=O)[O-]. The molecule has 0 atom stereocenters. The summed E-state index contributed by atoms with van der Waals surface area (Å²) in [7, 11) is 0. The third-order valence-corrected chi connectivity index (χ3v) is 2.32. The van der Waals surface area contributed by atoms with Gasteiger partial charge in [0.25, 0.3) is 11.6 Å². The number of benzene rings is 1. The molecule has 0 aliphatic heterocycles. The van der Waals surface area contributed by atoms with Crippen LogP contribution in [0, 0.1) is 10.1 Å². The average Bonchev–Trinajstić information content (AvgIpc) is 2.16. The Hall–Kier alpha value is -1.43. The van der Waals surface area contributed by atoms with Crippen LogP contribution in [0.4, 0.5) is 5.69 Å². The van der Waals surface area contributed by atoms with Crippen LogP contribution in [-0.4, -0.2) is 10.8 Å². The molecular formula is C8H7BrN2O3. The van der Waals surface area contributed by atoms with Gasteiger partial charge in [0.15, 0.2) is 0 Å². The van der Waals surface area contributed by atoms with E-state index < -0.39 is 10.8 Å². The lowest BCUT2D eigenvalue weighted by atomic mass is 10.1. The topological polar surface area (TPSA) is 86.2 Å². The first-order valence-corrected chi connectivity index (χ1v) is 4.82. The fourth-order valence-electron chi connectivity index (χ4n) is 1.13. The first kappa shape index (κ1) is 10.6. The minimum absolute atomic E-state index is 0.0330. The minimum Gasteiger partial charge on any atom is -0.365 e. The molecule has 1 aromatic rings. The fourth-order valence-corrected chi connectivity index (χ4v) is 1.60. The number of carbonyl (C=O) groups is 1. The summed E-state index contributed by atoms with van der Waals surface area (Å²) in [5, 5.41) is 10.9. The predicted molar refractivity (Wildman–Crippen MR) is 54.2 cm³/mol. The van der Waals surface area contributed by atoms with Crippen LogP contribution in [0.25, 0.3) is 0 Å². The lowest BCUT2D eigenvalue weighted by Gasteiger charge is -2.03. The smallest absolute Gasteiger partial charge is 0.282 e. The van der Waals surface area contributed by atoms with Crippen LogP contribution in [0.1, 0.15) is 15.9 Å². The van der Waals surface area contributed by atoms with Crippen molar-refractivity contribution in [3.05, 3.63) is 39.4 Å². The van der Waals surface area contributed by atoms with Crippen molar-refractivity contribution < 1.29 is 9.72 Å². The summed E-state index contributed by atoms with van der Waals surface area (Å²) in [4.78, 5) is 21.0. The molecule has 0 radical (unpaired) electrons. The molecule has 74 valence electrons. The molecule has 0 saturated heterocycles. The Morgan fingerprint density at radius 3 is 2.64 bits per heavy atom. The molecule has 0 heterocycles. The van der Waals surface area contributed by atoms with E-state index in [2.05, 4.69) is 15.9 Å². The number of hydrogen-bond donors (Lipinski definition) is 1. The summed E-state index contributed by atoms with van der Waals surface area (Å²) in [6.45, 7) is 0. The maximum absolute atomic E-state index is 11.0. The minimum atomic E-state index is -0.785. The van der Waals surface area contributed by atoms with Gasteiger partial charge in [-0.2, -0.15) is 0 Å². The van der Waals surface area contributed by atoms with E-state index in [1.54, 1.807) is 6.07 Å². The van der Waals surface area contributed by atoms with E-state index in [0.717, 1.165) is 0 Å². The zero-order chi connectivity index (χ0) is 10.7. The van der Waals surface area contributed by atoms with Crippen molar-refractivity contribution in [1.82, 2.24) is 0 Å². The summed E-state index contributed by atoms with van der Waals surface area (Å²) < 4.78 is 0. The van der Waals surface area contributed by atoms with E-state index in [1.165, 1.54) is 12.1 Å². The molecule has 0 aliphatic rings. The molecule has 0 fully saturated rings. The fraction of sp³-hybridized carbons (Fsp3) is 0.125. The lowest BCUT2D eigenvalue weighted by Crippen LogP contribution is -2.15. The first-order chi connectivity index (χ1) is 6.57. The van der Waals surface area contributed by atoms with Crippen LogP contribution in [0.5, 0.6) is 0 Å². The highest BCUT2D eigenvalue weighted by Crippen LogP contribution is 2.23. The Balaban J connectivity index is 3.43. The number of primary amides is 1. The van der Waals surface area contributed by atoms with Crippen molar-refractivity contribution in [1.29, 1.82) is 0 Å². The number of nitro groups is 1. The lowest BCUT2D eigenvalue weighted by molar-refractivity contribution is -0.385. The number of halogens is 1. The molecule has 0 aliphatic carbocycles. The molecule has 2 N–H and O–H groups in total. The number of nitrogens with zero attached hydrogens (tertiary/aromatic N) is 1. The standard InChI is InChI=1S/C8H7BrN2O3/c9-4-5-2-1-3-6(11(13)14)7(5)8(10)12/h1-3H,4H2,(H2,10,12). The van der Waals surface area contributed by atoms with E-state index in [0.29, 0.717) is 10.9 Å². The molecule has 1 amide bonds. The third-order valence-electron chi connectivity index (χ3n) is 1.72. The highest BCUT2D eigenvalue weighted by molar-refractivity contribution is 9.08. The maximum atomic E-state index is 11.0. The molecule has 0 unspecified atom stereocenters. The van der Waals surface area contributed by atoms with E-state index >= 15 is 0 Å². The summed E-state index contributed by atoms with van der Waals surface area (Å²) in [6.07, 6.45) is 0. The molecule has 14 heavy (non-hydrogen) atoms. The zero-order valence-corrected chi connectivity index (χ0v) is 8.65. The quantitative estimate of drug-likeness (QED) is 0.508. The third kappa shape index (κ3) is 1.90. The molecule has 1 rings (SSSR count). The maximum Gasteiger partial charge on any atom is 0.282 e. The second-order valence-corrected chi connectivity index (χ2v) is 3.13. The number of nitrogens with two attached hydrogens (primary N) is 1. The van der Waals surface area contributed by atoms with E-state index in [9.17, 15) is 14.9 Å². The number of rotatable bonds is 3. The predicted octanol–water partition coefficient (Wildman–Crippen LogP) is 1.59. The molecule has 0 bridgehead atoms. The Labute approximate surface area is 88.2 Å². The highest BCUT2D eigenvalue weighted by atomic mass is 79.9. The zero-order valence-electron chi connectivity index (χ0n) is 7.07. The van der Waals surface area contributed by atoms with Crippen LogP contribution < -0.4 is 5.73 Å².